The number of morpholine rings is 1. The first kappa shape index (κ1) is 25.6. The summed E-state index contributed by atoms with van der Waals surface area (Å²) in [5, 5.41) is 3.28. The molecule has 2 aliphatic heterocycles. The SMILES string of the molecule is Cc1cc(C)c(S(=O)(=O)N2CCC(C(=O)NCC3(N4CCOCC4)CCCCC3)CC2)c(C)c1. The van der Waals surface area contributed by atoms with E-state index in [0.29, 0.717) is 37.4 Å². The van der Waals surface area contributed by atoms with Crippen LogP contribution >= 0.6 is 0 Å². The molecule has 8 heteroatoms. The Morgan fingerprint density at radius 3 is 2.18 bits per heavy atom. The van der Waals surface area contributed by atoms with Gasteiger partial charge in [-0.3, -0.25) is 9.69 Å². The lowest BCUT2D eigenvalue weighted by molar-refractivity contribution is -0.127. The van der Waals surface area contributed by atoms with Crippen LogP contribution in [0.2, 0.25) is 0 Å². The zero-order valence-corrected chi connectivity index (χ0v) is 21.9. The van der Waals surface area contributed by atoms with E-state index >= 15 is 0 Å². The number of sulfonamides is 1. The second-order valence-electron chi connectivity index (χ2n) is 10.5. The van der Waals surface area contributed by atoms with Crippen molar-refractivity contribution in [2.24, 2.45) is 5.92 Å². The van der Waals surface area contributed by atoms with Crippen LogP contribution in [0, 0.1) is 26.7 Å². The topological polar surface area (TPSA) is 79.0 Å². The van der Waals surface area contributed by atoms with E-state index < -0.39 is 10.0 Å². The molecule has 1 aliphatic carbocycles. The van der Waals surface area contributed by atoms with Gasteiger partial charge in [-0.1, -0.05) is 37.0 Å². The number of hydrogen-bond donors (Lipinski definition) is 1. The number of amides is 1. The number of benzene rings is 1. The molecule has 2 saturated heterocycles. The molecule has 3 fully saturated rings. The molecule has 1 N–H and O–H groups in total. The number of nitrogens with one attached hydrogen (secondary N) is 1. The highest BCUT2D eigenvalue weighted by Crippen LogP contribution is 2.34. The molecule has 7 nitrogen and oxygen atoms in total. The van der Waals surface area contributed by atoms with Crippen molar-refractivity contribution in [3.8, 4) is 0 Å². The summed E-state index contributed by atoms with van der Waals surface area (Å²) in [7, 11) is -3.56. The maximum atomic E-state index is 13.4. The number of rotatable bonds is 6. The van der Waals surface area contributed by atoms with Gasteiger partial charge in [0.25, 0.3) is 0 Å². The first-order valence-corrected chi connectivity index (χ1v) is 14.4. The number of hydrogen-bond acceptors (Lipinski definition) is 5. The minimum Gasteiger partial charge on any atom is -0.379 e. The number of carbonyl (C=O) groups is 1. The van der Waals surface area contributed by atoms with Crippen molar-refractivity contribution in [3.05, 3.63) is 28.8 Å². The summed E-state index contributed by atoms with van der Waals surface area (Å²) in [4.78, 5) is 16.1. The summed E-state index contributed by atoms with van der Waals surface area (Å²) in [5.74, 6) is -0.0463. The van der Waals surface area contributed by atoms with Crippen LogP contribution in [-0.4, -0.2) is 75.0 Å². The molecule has 0 bridgehead atoms. The molecule has 1 saturated carbocycles. The Bertz CT molecular complexity index is 951. The Morgan fingerprint density at radius 1 is 1.00 bits per heavy atom. The predicted molar refractivity (Wildman–Crippen MR) is 133 cm³/mol. The Hall–Kier alpha value is -1.48. The molecule has 0 radical (unpaired) electrons. The average Bonchev–Trinajstić information content (AvgIpc) is 2.83. The second kappa shape index (κ2) is 10.6. The normalized spacial score (nSPS) is 23.0. The van der Waals surface area contributed by atoms with Crippen molar-refractivity contribution in [1.29, 1.82) is 0 Å². The minimum absolute atomic E-state index is 0.0439. The van der Waals surface area contributed by atoms with Gasteiger partial charge in [-0.25, -0.2) is 8.42 Å². The Kier molecular flexibility index (Phi) is 8.02. The van der Waals surface area contributed by atoms with Crippen LogP contribution in [0.4, 0.5) is 0 Å². The van der Waals surface area contributed by atoms with Crippen LogP contribution in [0.15, 0.2) is 17.0 Å². The third-order valence-electron chi connectivity index (χ3n) is 8.09. The van der Waals surface area contributed by atoms with Gasteiger partial charge in [0.1, 0.15) is 0 Å². The lowest BCUT2D eigenvalue weighted by Gasteiger charge is -2.48. The fourth-order valence-corrected chi connectivity index (χ4v) is 8.19. The van der Waals surface area contributed by atoms with Gasteiger partial charge in [0.2, 0.25) is 15.9 Å². The zero-order valence-electron chi connectivity index (χ0n) is 21.1. The van der Waals surface area contributed by atoms with Gasteiger partial charge in [-0.2, -0.15) is 4.31 Å². The maximum Gasteiger partial charge on any atom is 0.243 e. The van der Waals surface area contributed by atoms with Crippen LogP contribution in [-0.2, 0) is 19.6 Å². The Balaban J connectivity index is 1.36. The molecule has 34 heavy (non-hydrogen) atoms. The van der Waals surface area contributed by atoms with Gasteiger partial charge in [0.05, 0.1) is 18.1 Å². The molecular weight excluding hydrogens is 450 g/mol. The van der Waals surface area contributed by atoms with E-state index in [-0.39, 0.29) is 17.4 Å². The van der Waals surface area contributed by atoms with E-state index in [0.717, 1.165) is 55.8 Å². The van der Waals surface area contributed by atoms with E-state index in [1.807, 2.05) is 32.9 Å². The van der Waals surface area contributed by atoms with Crippen LogP contribution in [0.25, 0.3) is 0 Å². The van der Waals surface area contributed by atoms with Gasteiger partial charge in [0.15, 0.2) is 0 Å². The summed E-state index contributed by atoms with van der Waals surface area (Å²) < 4.78 is 33.9. The lowest BCUT2D eigenvalue weighted by atomic mass is 9.79. The van der Waals surface area contributed by atoms with Crippen molar-refractivity contribution in [1.82, 2.24) is 14.5 Å². The molecule has 1 aromatic carbocycles. The number of nitrogens with zero attached hydrogens (tertiary/aromatic N) is 2. The lowest BCUT2D eigenvalue weighted by Crippen LogP contribution is -2.60. The first-order valence-electron chi connectivity index (χ1n) is 12.9. The quantitative estimate of drug-likeness (QED) is 0.661. The standard InChI is InChI=1S/C26H41N3O4S/c1-20-17-21(2)24(22(3)18-20)34(31,32)29-11-7-23(8-12-29)25(30)27-19-26(9-5-4-6-10-26)28-13-15-33-16-14-28/h17-18,23H,4-16,19H2,1-3H3,(H,27,30). The summed E-state index contributed by atoms with van der Waals surface area (Å²) >= 11 is 0. The summed E-state index contributed by atoms with van der Waals surface area (Å²) in [6.07, 6.45) is 7.08. The smallest absolute Gasteiger partial charge is 0.243 e. The van der Waals surface area contributed by atoms with Crippen LogP contribution in [0.5, 0.6) is 0 Å². The molecule has 0 aromatic heterocycles. The van der Waals surface area contributed by atoms with E-state index in [1.54, 1.807) is 4.31 Å². The van der Waals surface area contributed by atoms with Gasteiger partial charge in [-0.15, -0.1) is 0 Å². The average molecular weight is 492 g/mol. The van der Waals surface area contributed by atoms with Crippen molar-refractivity contribution >= 4 is 15.9 Å². The van der Waals surface area contributed by atoms with Crippen LogP contribution < -0.4 is 5.32 Å². The van der Waals surface area contributed by atoms with E-state index in [9.17, 15) is 13.2 Å². The second-order valence-corrected chi connectivity index (χ2v) is 12.4. The van der Waals surface area contributed by atoms with E-state index in [4.69, 9.17) is 4.74 Å². The molecule has 2 heterocycles. The molecule has 4 rings (SSSR count). The maximum absolute atomic E-state index is 13.4. The highest BCUT2D eigenvalue weighted by molar-refractivity contribution is 7.89. The number of carbonyl (C=O) groups excluding carboxylic acids is 1. The van der Waals surface area contributed by atoms with Crippen LogP contribution in [0.3, 0.4) is 0 Å². The van der Waals surface area contributed by atoms with Crippen molar-refractivity contribution in [3.63, 3.8) is 0 Å². The summed E-state index contributed by atoms with van der Waals surface area (Å²) in [6, 6.07) is 3.85. The highest BCUT2D eigenvalue weighted by Gasteiger charge is 2.40. The molecule has 0 spiro atoms. The van der Waals surface area contributed by atoms with Crippen LogP contribution in [0.1, 0.15) is 61.6 Å². The Morgan fingerprint density at radius 2 is 1.59 bits per heavy atom. The summed E-state index contributed by atoms with van der Waals surface area (Å²) in [6.45, 7) is 10.6. The van der Waals surface area contributed by atoms with Gasteiger partial charge in [-0.05, 0) is 57.6 Å². The molecule has 1 aromatic rings. The zero-order chi connectivity index (χ0) is 24.3. The van der Waals surface area contributed by atoms with Crippen molar-refractivity contribution < 1.29 is 17.9 Å². The fourth-order valence-electron chi connectivity index (χ4n) is 6.31. The fraction of sp³-hybridized carbons (Fsp3) is 0.731. The Labute approximate surface area is 205 Å². The number of piperidine rings is 1. The molecular formula is C26H41N3O4S. The third-order valence-corrected chi connectivity index (χ3v) is 10.3. The minimum atomic E-state index is -3.56. The molecule has 0 unspecified atom stereocenters. The number of ether oxygens (including phenoxy) is 1. The molecule has 1 amide bonds. The summed E-state index contributed by atoms with van der Waals surface area (Å²) in [5.41, 5.74) is 2.69. The van der Waals surface area contributed by atoms with E-state index in [2.05, 4.69) is 10.2 Å². The number of aryl methyl sites for hydroxylation is 3. The van der Waals surface area contributed by atoms with Gasteiger partial charge >= 0.3 is 0 Å². The predicted octanol–water partition coefficient (Wildman–Crippen LogP) is 3.16. The van der Waals surface area contributed by atoms with Gasteiger partial charge < -0.3 is 10.1 Å². The first-order chi connectivity index (χ1) is 16.2. The largest absolute Gasteiger partial charge is 0.379 e. The van der Waals surface area contributed by atoms with Crippen molar-refractivity contribution in [2.75, 3.05) is 45.9 Å². The van der Waals surface area contributed by atoms with Crippen molar-refractivity contribution in [2.45, 2.75) is 76.2 Å². The third kappa shape index (κ3) is 5.35. The van der Waals surface area contributed by atoms with E-state index in [1.165, 1.54) is 19.3 Å². The molecule has 190 valence electrons. The monoisotopic (exact) mass is 491 g/mol. The molecule has 3 aliphatic rings. The molecule has 0 atom stereocenters. The van der Waals surface area contributed by atoms with Gasteiger partial charge in [0, 0.05) is 44.2 Å². The highest BCUT2D eigenvalue weighted by atomic mass is 32.2.